The van der Waals surface area contributed by atoms with Crippen molar-refractivity contribution in [3.63, 3.8) is 0 Å². The second-order valence-corrected chi connectivity index (χ2v) is 4.75. The third kappa shape index (κ3) is 2.67. The number of para-hydroxylation sites is 1. The lowest BCUT2D eigenvalue weighted by atomic mass is 10.1. The minimum Gasteiger partial charge on any atom is -0.310 e. The fraction of sp³-hybridized carbons (Fsp3) is 0.400. The van der Waals surface area contributed by atoms with E-state index in [1.807, 2.05) is 19.1 Å². The molecule has 0 saturated carbocycles. The lowest BCUT2D eigenvalue weighted by molar-refractivity contribution is 0.535. The Bertz CT molecular complexity index is 551. The van der Waals surface area contributed by atoms with Gasteiger partial charge in [0.2, 0.25) is 0 Å². The van der Waals surface area contributed by atoms with E-state index >= 15 is 0 Å². The molecule has 1 aromatic heterocycles. The number of pyridine rings is 1. The zero-order chi connectivity index (χ0) is 13.1. The van der Waals surface area contributed by atoms with Gasteiger partial charge in [-0.2, -0.15) is 0 Å². The quantitative estimate of drug-likeness (QED) is 0.892. The van der Waals surface area contributed by atoms with Crippen LogP contribution in [0.15, 0.2) is 24.3 Å². The first-order valence-corrected chi connectivity index (χ1v) is 6.40. The maximum absolute atomic E-state index is 13.7. The molecule has 1 heterocycles. The summed E-state index contributed by atoms with van der Waals surface area (Å²) in [6.07, 6.45) is 1.08. The molecule has 0 fully saturated rings. The van der Waals surface area contributed by atoms with Gasteiger partial charge in [0, 0.05) is 23.7 Å². The number of hydrogen-bond acceptors (Lipinski definition) is 2. The molecular weight excluding hydrogens is 227 g/mol. The van der Waals surface area contributed by atoms with Crippen LogP contribution in [0.3, 0.4) is 0 Å². The highest BCUT2D eigenvalue weighted by molar-refractivity contribution is 5.82. The molecule has 2 rings (SSSR count). The van der Waals surface area contributed by atoms with Gasteiger partial charge in [-0.1, -0.05) is 19.1 Å². The first kappa shape index (κ1) is 13.0. The molecule has 1 atom stereocenters. The Labute approximate surface area is 107 Å². The zero-order valence-electron chi connectivity index (χ0n) is 11.1. The van der Waals surface area contributed by atoms with Crippen molar-refractivity contribution < 1.29 is 4.39 Å². The van der Waals surface area contributed by atoms with Crippen LogP contribution in [0.5, 0.6) is 0 Å². The van der Waals surface area contributed by atoms with Crippen LogP contribution in [0.25, 0.3) is 10.9 Å². The number of aryl methyl sites for hydroxylation is 1. The number of nitrogens with one attached hydrogen (secondary N) is 1. The van der Waals surface area contributed by atoms with Crippen LogP contribution in [-0.4, -0.2) is 11.0 Å². The second-order valence-electron chi connectivity index (χ2n) is 4.75. The average molecular weight is 246 g/mol. The standard InChI is InChI=1S/C15H19FN2/c1-4-10(2)17-9-12-8-11(3)18-15-13(12)6-5-7-14(15)16/h5-8,10,17H,4,9H2,1-3H3. The molecule has 0 aliphatic heterocycles. The van der Waals surface area contributed by atoms with Gasteiger partial charge in [0.25, 0.3) is 0 Å². The molecule has 0 amide bonds. The van der Waals surface area contributed by atoms with Gasteiger partial charge in [-0.25, -0.2) is 4.39 Å². The Kier molecular flexibility index (Phi) is 3.92. The van der Waals surface area contributed by atoms with Crippen molar-refractivity contribution in [3.05, 3.63) is 41.3 Å². The summed E-state index contributed by atoms with van der Waals surface area (Å²) in [5, 5.41) is 4.34. The van der Waals surface area contributed by atoms with Crippen LogP contribution in [0, 0.1) is 12.7 Å². The van der Waals surface area contributed by atoms with Gasteiger partial charge in [-0.05, 0) is 38.0 Å². The van der Waals surface area contributed by atoms with E-state index in [1.165, 1.54) is 6.07 Å². The molecule has 18 heavy (non-hydrogen) atoms. The number of halogens is 1. The lowest BCUT2D eigenvalue weighted by Crippen LogP contribution is -2.24. The van der Waals surface area contributed by atoms with Crippen LogP contribution >= 0.6 is 0 Å². The Morgan fingerprint density at radius 1 is 1.39 bits per heavy atom. The van der Waals surface area contributed by atoms with Crippen LogP contribution < -0.4 is 5.32 Å². The third-order valence-electron chi connectivity index (χ3n) is 3.26. The smallest absolute Gasteiger partial charge is 0.149 e. The summed E-state index contributed by atoms with van der Waals surface area (Å²) in [5.41, 5.74) is 2.43. The predicted octanol–water partition coefficient (Wildman–Crippen LogP) is 3.57. The van der Waals surface area contributed by atoms with E-state index in [-0.39, 0.29) is 5.82 Å². The van der Waals surface area contributed by atoms with E-state index in [0.29, 0.717) is 11.6 Å². The van der Waals surface area contributed by atoms with Gasteiger partial charge in [0.15, 0.2) is 0 Å². The molecule has 1 unspecified atom stereocenters. The maximum atomic E-state index is 13.7. The first-order valence-electron chi connectivity index (χ1n) is 6.40. The van der Waals surface area contributed by atoms with Crippen molar-refractivity contribution in [2.45, 2.75) is 39.8 Å². The van der Waals surface area contributed by atoms with Crippen molar-refractivity contribution in [1.82, 2.24) is 10.3 Å². The molecule has 1 N–H and O–H groups in total. The molecule has 0 aliphatic rings. The summed E-state index contributed by atoms with van der Waals surface area (Å²) in [7, 11) is 0. The second kappa shape index (κ2) is 5.44. The Morgan fingerprint density at radius 2 is 2.17 bits per heavy atom. The van der Waals surface area contributed by atoms with Crippen molar-refractivity contribution in [2.75, 3.05) is 0 Å². The molecule has 1 aromatic carbocycles. The van der Waals surface area contributed by atoms with Gasteiger partial charge >= 0.3 is 0 Å². The molecular formula is C15H19FN2. The first-order chi connectivity index (χ1) is 8.61. The van der Waals surface area contributed by atoms with Gasteiger partial charge in [-0.3, -0.25) is 4.98 Å². The number of nitrogens with zero attached hydrogens (tertiary/aromatic N) is 1. The molecule has 0 bridgehead atoms. The average Bonchev–Trinajstić information content (AvgIpc) is 2.36. The number of rotatable bonds is 4. The molecule has 0 spiro atoms. The molecule has 0 saturated heterocycles. The van der Waals surface area contributed by atoms with E-state index in [4.69, 9.17) is 0 Å². The highest BCUT2D eigenvalue weighted by atomic mass is 19.1. The van der Waals surface area contributed by atoms with E-state index in [1.54, 1.807) is 6.07 Å². The maximum Gasteiger partial charge on any atom is 0.149 e. The minimum absolute atomic E-state index is 0.249. The minimum atomic E-state index is -0.249. The van der Waals surface area contributed by atoms with E-state index in [2.05, 4.69) is 24.1 Å². The molecule has 2 aromatic rings. The normalized spacial score (nSPS) is 12.9. The van der Waals surface area contributed by atoms with Crippen LogP contribution in [0.1, 0.15) is 31.5 Å². The molecule has 0 aliphatic carbocycles. The Balaban J connectivity index is 2.40. The number of fused-ring (bicyclic) bond motifs is 1. The number of hydrogen-bond donors (Lipinski definition) is 1. The third-order valence-corrected chi connectivity index (χ3v) is 3.26. The molecule has 2 nitrogen and oxygen atoms in total. The number of aromatic nitrogens is 1. The summed E-state index contributed by atoms with van der Waals surface area (Å²) in [6.45, 7) is 6.95. The lowest BCUT2D eigenvalue weighted by Gasteiger charge is -2.13. The van der Waals surface area contributed by atoms with Crippen molar-refractivity contribution in [3.8, 4) is 0 Å². The fourth-order valence-electron chi connectivity index (χ4n) is 2.00. The fourth-order valence-corrected chi connectivity index (χ4v) is 2.00. The van der Waals surface area contributed by atoms with Gasteiger partial charge < -0.3 is 5.32 Å². The molecule has 3 heteroatoms. The SMILES string of the molecule is CCC(C)NCc1cc(C)nc2c(F)cccc12. The highest BCUT2D eigenvalue weighted by Gasteiger charge is 2.08. The monoisotopic (exact) mass is 246 g/mol. The van der Waals surface area contributed by atoms with Gasteiger partial charge in [0.05, 0.1) is 0 Å². The largest absolute Gasteiger partial charge is 0.310 e. The highest BCUT2D eigenvalue weighted by Crippen LogP contribution is 2.21. The Hall–Kier alpha value is -1.48. The summed E-state index contributed by atoms with van der Waals surface area (Å²) in [5.74, 6) is -0.249. The van der Waals surface area contributed by atoms with Crippen LogP contribution in [-0.2, 0) is 6.54 Å². The predicted molar refractivity (Wildman–Crippen MR) is 73.0 cm³/mol. The number of benzene rings is 1. The van der Waals surface area contributed by atoms with Gasteiger partial charge in [0.1, 0.15) is 11.3 Å². The van der Waals surface area contributed by atoms with E-state index in [9.17, 15) is 4.39 Å². The summed E-state index contributed by atoms with van der Waals surface area (Å²) >= 11 is 0. The van der Waals surface area contributed by atoms with Crippen molar-refractivity contribution in [2.24, 2.45) is 0 Å². The summed E-state index contributed by atoms with van der Waals surface area (Å²) in [6, 6.07) is 7.61. The van der Waals surface area contributed by atoms with E-state index < -0.39 is 0 Å². The van der Waals surface area contributed by atoms with Crippen LogP contribution in [0.4, 0.5) is 4.39 Å². The van der Waals surface area contributed by atoms with E-state index in [0.717, 1.165) is 29.6 Å². The van der Waals surface area contributed by atoms with Crippen molar-refractivity contribution in [1.29, 1.82) is 0 Å². The summed E-state index contributed by atoms with van der Waals surface area (Å²) in [4.78, 5) is 4.28. The molecule has 0 radical (unpaired) electrons. The summed E-state index contributed by atoms with van der Waals surface area (Å²) < 4.78 is 13.7. The Morgan fingerprint density at radius 3 is 2.89 bits per heavy atom. The molecule has 96 valence electrons. The van der Waals surface area contributed by atoms with Gasteiger partial charge in [-0.15, -0.1) is 0 Å². The van der Waals surface area contributed by atoms with Crippen molar-refractivity contribution >= 4 is 10.9 Å². The topological polar surface area (TPSA) is 24.9 Å². The van der Waals surface area contributed by atoms with Crippen LogP contribution in [0.2, 0.25) is 0 Å². The zero-order valence-corrected chi connectivity index (χ0v) is 11.1.